The Labute approximate surface area is 219 Å². The van der Waals surface area contributed by atoms with E-state index in [2.05, 4.69) is 10.2 Å². The number of nitrogens with one attached hydrogen (secondary N) is 1. The van der Waals surface area contributed by atoms with Gasteiger partial charge in [0.05, 0.1) is 5.52 Å². The number of carbonyl (C=O) groups is 3. The third-order valence-corrected chi connectivity index (χ3v) is 5.91. The molecule has 0 spiro atoms. The number of hydrogen-bond acceptors (Lipinski definition) is 5. The molecular weight excluding hydrogens is 468 g/mol. The molecule has 0 radical (unpaired) electrons. The summed E-state index contributed by atoms with van der Waals surface area (Å²) in [6, 6.07) is 16.3. The summed E-state index contributed by atoms with van der Waals surface area (Å²) in [5, 5.41) is 3.73. The first-order valence-corrected chi connectivity index (χ1v) is 12.5. The Morgan fingerprint density at radius 2 is 1.62 bits per heavy atom. The van der Waals surface area contributed by atoms with Crippen LogP contribution >= 0.6 is 0 Å². The minimum atomic E-state index is -0.882. The predicted molar refractivity (Wildman–Crippen MR) is 146 cm³/mol. The van der Waals surface area contributed by atoms with E-state index in [0.717, 1.165) is 35.0 Å². The smallest absolute Gasteiger partial charge is 0.408 e. The normalized spacial score (nSPS) is 12.4. The Morgan fingerprint density at radius 3 is 2.27 bits per heavy atom. The molecule has 0 aliphatic heterocycles. The Morgan fingerprint density at radius 1 is 0.973 bits per heavy atom. The largest absolute Gasteiger partial charge is 0.444 e. The number of ether oxygens (including phenoxy) is 1. The highest BCUT2D eigenvalue weighted by molar-refractivity contribution is 5.97. The van der Waals surface area contributed by atoms with Gasteiger partial charge in [-0.1, -0.05) is 48.5 Å². The van der Waals surface area contributed by atoms with Gasteiger partial charge in [-0.3, -0.25) is 14.2 Å². The Kier molecular flexibility index (Phi) is 9.10. The molecule has 1 aromatic heterocycles. The fourth-order valence-corrected chi connectivity index (χ4v) is 4.12. The molecule has 0 unspecified atom stereocenters. The fourth-order valence-electron chi connectivity index (χ4n) is 4.12. The molecule has 0 saturated heterocycles. The van der Waals surface area contributed by atoms with Gasteiger partial charge < -0.3 is 19.9 Å². The van der Waals surface area contributed by atoms with Crippen molar-refractivity contribution in [2.24, 2.45) is 0 Å². The van der Waals surface area contributed by atoms with E-state index in [4.69, 9.17) is 4.74 Å². The second-order valence-electron chi connectivity index (χ2n) is 10.6. The first-order chi connectivity index (χ1) is 17.4. The van der Waals surface area contributed by atoms with E-state index in [1.54, 1.807) is 32.4 Å². The van der Waals surface area contributed by atoms with Crippen molar-refractivity contribution in [3.63, 3.8) is 0 Å². The topological polar surface area (TPSA) is 83.9 Å². The van der Waals surface area contributed by atoms with Gasteiger partial charge in [0, 0.05) is 31.6 Å². The van der Waals surface area contributed by atoms with Crippen molar-refractivity contribution in [1.29, 1.82) is 0 Å². The van der Waals surface area contributed by atoms with E-state index in [1.165, 1.54) is 4.90 Å². The SMILES string of the molecule is CN(C)CCc1cn(C(=O)CN(C)C(=O)[C@H](Cc2ccccc2)NC(=O)OC(C)(C)C)c2ccccc12. The van der Waals surface area contributed by atoms with Crippen LogP contribution in [0.3, 0.4) is 0 Å². The number of hydrogen-bond donors (Lipinski definition) is 1. The average Bonchev–Trinajstić information content (AvgIpc) is 3.20. The minimum absolute atomic E-state index is 0.133. The average molecular weight is 507 g/mol. The van der Waals surface area contributed by atoms with Gasteiger partial charge in [0.2, 0.25) is 5.91 Å². The summed E-state index contributed by atoms with van der Waals surface area (Å²) in [5.41, 5.74) is 2.08. The van der Waals surface area contributed by atoms with E-state index in [0.29, 0.717) is 0 Å². The Bertz CT molecular complexity index is 1230. The van der Waals surface area contributed by atoms with Crippen LogP contribution in [0.4, 0.5) is 4.79 Å². The van der Waals surface area contributed by atoms with Gasteiger partial charge in [0.1, 0.15) is 18.2 Å². The number of nitrogens with zero attached hydrogens (tertiary/aromatic N) is 3. The van der Waals surface area contributed by atoms with Crippen molar-refractivity contribution in [1.82, 2.24) is 19.7 Å². The number of aromatic nitrogens is 1. The van der Waals surface area contributed by atoms with Crippen molar-refractivity contribution in [3.05, 3.63) is 71.9 Å². The summed E-state index contributed by atoms with van der Waals surface area (Å²) in [6.45, 7) is 6.02. The molecule has 1 atom stereocenters. The molecular formula is C29H38N4O4. The van der Waals surface area contributed by atoms with E-state index in [-0.39, 0.29) is 24.8 Å². The number of para-hydroxylation sites is 1. The number of amides is 2. The van der Waals surface area contributed by atoms with Crippen LogP contribution in [0.5, 0.6) is 0 Å². The van der Waals surface area contributed by atoms with Gasteiger partial charge in [-0.05, 0) is 58.5 Å². The monoisotopic (exact) mass is 506 g/mol. The summed E-state index contributed by atoms with van der Waals surface area (Å²) in [7, 11) is 5.61. The summed E-state index contributed by atoms with van der Waals surface area (Å²) >= 11 is 0. The van der Waals surface area contributed by atoms with E-state index in [1.807, 2.05) is 74.9 Å². The quantitative estimate of drug-likeness (QED) is 0.475. The molecule has 3 rings (SSSR count). The third-order valence-electron chi connectivity index (χ3n) is 5.91. The molecule has 37 heavy (non-hydrogen) atoms. The van der Waals surface area contributed by atoms with Crippen LogP contribution in [0.1, 0.15) is 36.7 Å². The first-order valence-electron chi connectivity index (χ1n) is 12.5. The molecule has 0 fully saturated rings. The minimum Gasteiger partial charge on any atom is -0.444 e. The molecule has 0 aliphatic rings. The Balaban J connectivity index is 1.79. The van der Waals surface area contributed by atoms with Gasteiger partial charge in [0.25, 0.3) is 5.91 Å². The van der Waals surface area contributed by atoms with Gasteiger partial charge in [0.15, 0.2) is 0 Å². The molecule has 8 nitrogen and oxygen atoms in total. The lowest BCUT2D eigenvalue weighted by molar-refractivity contribution is -0.131. The lowest BCUT2D eigenvalue weighted by atomic mass is 10.0. The third kappa shape index (κ3) is 7.92. The number of alkyl carbamates (subject to hydrolysis) is 1. The van der Waals surface area contributed by atoms with E-state index < -0.39 is 17.7 Å². The molecule has 2 amide bonds. The molecule has 1 N–H and O–H groups in total. The molecule has 1 heterocycles. The number of likely N-dealkylation sites (N-methyl/N-ethyl adjacent to an activating group) is 2. The summed E-state index contributed by atoms with van der Waals surface area (Å²) in [4.78, 5) is 42.8. The van der Waals surface area contributed by atoms with Crippen molar-refractivity contribution in [3.8, 4) is 0 Å². The highest BCUT2D eigenvalue weighted by Gasteiger charge is 2.28. The van der Waals surface area contributed by atoms with Crippen molar-refractivity contribution >= 4 is 28.8 Å². The lowest BCUT2D eigenvalue weighted by Crippen LogP contribution is -2.51. The Hall–Kier alpha value is -3.65. The highest BCUT2D eigenvalue weighted by atomic mass is 16.6. The molecule has 2 aromatic carbocycles. The second-order valence-corrected chi connectivity index (χ2v) is 10.6. The summed E-state index contributed by atoms with van der Waals surface area (Å²) in [6.07, 6.45) is 2.28. The first kappa shape index (κ1) is 27.9. The maximum atomic E-state index is 13.5. The van der Waals surface area contributed by atoms with Gasteiger partial charge in [-0.2, -0.15) is 0 Å². The standard InChI is InChI=1S/C29H38N4O4/c1-29(2,3)37-28(36)30-24(18-21-12-8-7-9-13-21)27(35)32(6)20-26(34)33-19-22(16-17-31(4)5)23-14-10-11-15-25(23)33/h7-15,19,24H,16-18,20H2,1-6H3,(H,30,36)/t24-/m0/s1. The molecule has 198 valence electrons. The highest BCUT2D eigenvalue weighted by Crippen LogP contribution is 2.22. The lowest BCUT2D eigenvalue weighted by Gasteiger charge is -2.26. The zero-order valence-electron chi connectivity index (χ0n) is 22.7. The van der Waals surface area contributed by atoms with Crippen LogP contribution < -0.4 is 5.32 Å². The van der Waals surface area contributed by atoms with E-state index >= 15 is 0 Å². The van der Waals surface area contributed by atoms with Crippen molar-refractivity contribution < 1.29 is 19.1 Å². The molecule has 0 saturated carbocycles. The van der Waals surface area contributed by atoms with Crippen molar-refractivity contribution in [2.75, 3.05) is 34.2 Å². The zero-order valence-corrected chi connectivity index (χ0v) is 22.7. The molecule has 8 heteroatoms. The number of fused-ring (bicyclic) bond motifs is 1. The van der Waals surface area contributed by atoms with E-state index in [9.17, 15) is 14.4 Å². The molecule has 3 aromatic rings. The summed E-state index contributed by atoms with van der Waals surface area (Å²) < 4.78 is 7.00. The van der Waals surface area contributed by atoms with Crippen LogP contribution in [0.25, 0.3) is 10.9 Å². The van der Waals surface area contributed by atoms with Gasteiger partial charge in [-0.25, -0.2) is 4.79 Å². The van der Waals surface area contributed by atoms with Crippen LogP contribution in [-0.4, -0.2) is 78.1 Å². The van der Waals surface area contributed by atoms with Crippen LogP contribution in [0.15, 0.2) is 60.8 Å². The maximum absolute atomic E-state index is 13.5. The van der Waals surface area contributed by atoms with Crippen LogP contribution in [-0.2, 0) is 22.4 Å². The molecule has 0 aliphatic carbocycles. The number of rotatable bonds is 9. The van der Waals surface area contributed by atoms with Gasteiger partial charge in [-0.15, -0.1) is 0 Å². The maximum Gasteiger partial charge on any atom is 0.408 e. The predicted octanol–water partition coefficient (Wildman–Crippen LogP) is 3.98. The second kappa shape index (κ2) is 12.1. The number of carbonyl (C=O) groups excluding carboxylic acids is 3. The molecule has 0 bridgehead atoms. The van der Waals surface area contributed by atoms with Crippen molar-refractivity contribution in [2.45, 2.75) is 45.3 Å². The number of benzene rings is 2. The van der Waals surface area contributed by atoms with Gasteiger partial charge >= 0.3 is 6.09 Å². The van der Waals surface area contributed by atoms with Crippen LogP contribution in [0.2, 0.25) is 0 Å². The van der Waals surface area contributed by atoms with Crippen LogP contribution in [0, 0.1) is 0 Å². The zero-order chi connectivity index (χ0) is 27.2. The fraction of sp³-hybridized carbons (Fsp3) is 0.414. The summed E-state index contributed by atoms with van der Waals surface area (Å²) in [5.74, 6) is -0.591.